The second-order valence-electron chi connectivity index (χ2n) is 18.9. The molecular formula is C56H34N8S24. The molecule has 0 fully saturated rings. The second kappa shape index (κ2) is 25.2. The zero-order valence-electron chi connectivity index (χ0n) is 46.1. The number of aromatic nitrogens is 8. The smallest absolute Gasteiger partial charge is 0.164 e. The van der Waals surface area contributed by atoms with Crippen LogP contribution in [0.25, 0.3) is 116 Å². The molecule has 13 heterocycles. The van der Waals surface area contributed by atoms with E-state index in [1.807, 2.05) is 281 Å². The number of nitrogens with zero attached hydrogens (tertiary/aromatic N) is 6. The third kappa shape index (κ3) is 10.8. The van der Waals surface area contributed by atoms with E-state index in [1.165, 1.54) is 105 Å². The molecule has 0 aliphatic carbocycles. The van der Waals surface area contributed by atoms with E-state index in [0.29, 0.717) is 45.2 Å². The maximum atomic E-state index is 5.64. The number of thioether (sulfide) groups is 20. The maximum absolute atomic E-state index is 5.64. The van der Waals surface area contributed by atoms with Gasteiger partial charge in [0.05, 0.1) is 59.3 Å². The normalized spacial score (nSPS) is 17.5. The minimum atomic E-state index is 0.603. The van der Waals surface area contributed by atoms with Crippen LogP contribution in [0.15, 0.2) is 119 Å². The van der Waals surface area contributed by atoms with Gasteiger partial charge in [-0.1, -0.05) is 141 Å². The summed E-state index contributed by atoms with van der Waals surface area (Å²) >= 11 is 44.7. The highest BCUT2D eigenvalue weighted by Crippen LogP contribution is 2.66. The van der Waals surface area contributed by atoms with Gasteiger partial charge in [0.2, 0.25) is 0 Å². The number of rotatable bonds is 8. The lowest BCUT2D eigenvalue weighted by atomic mass is 10.2. The minimum Gasteiger partial charge on any atom is -0.324 e. The summed E-state index contributed by atoms with van der Waals surface area (Å²) in [4.78, 5) is 45.9. The van der Waals surface area contributed by atoms with E-state index in [9.17, 15) is 0 Å². The van der Waals surface area contributed by atoms with Gasteiger partial charge in [-0.25, -0.2) is 29.9 Å². The van der Waals surface area contributed by atoms with E-state index >= 15 is 0 Å². The van der Waals surface area contributed by atoms with Crippen LogP contribution in [0, 0.1) is 0 Å². The fraction of sp³-hybridized carbons (Fsp3) is 0.143. The van der Waals surface area contributed by atoms with Crippen molar-refractivity contribution in [3.8, 4) is 0 Å². The topological polar surface area (TPSA) is 109 Å². The van der Waals surface area contributed by atoms with Crippen molar-refractivity contribution in [1.29, 1.82) is 0 Å². The van der Waals surface area contributed by atoms with Crippen LogP contribution in [0.1, 0.15) is 0 Å². The first-order chi connectivity index (χ1) is 43.1. The Bertz CT molecular complexity index is 4840. The molecule has 0 atom stereocenters. The number of fused-ring (bicyclic) bond motifs is 24. The standard InChI is InChI=1S/C56H34N8S24/c1-65-41-42(66-2)82-53(81-41)49-73-25-9-17-18(10-26(25)74-49)34-57-33(17)61-35-19-11-27-29(77-50(75-27)54-83-43(67-3)44(68-4)84-54)13-21(19)37(58-35)63-39-23-15-31-32(80-52(79-31)56-87-47(71-7)48(72-8)88-56)16-24(23)40(60-39)64-38-22-14-30-28(12-20(22)36(59-38)62-34)76-51(78-30)55-85-45(69-5)46(70-6)86-55/h9-16H,1-8H3,(H2,57,58,59,60,61,62,63,64). The quantitative estimate of drug-likeness (QED) is 0.150. The molecule has 0 spiro atoms. The molecule has 88 heavy (non-hydrogen) atoms. The predicted octanol–water partition coefficient (Wildman–Crippen LogP) is 24.3. The van der Waals surface area contributed by atoms with Crippen molar-refractivity contribution in [2.75, 3.05) is 50.0 Å². The summed E-state index contributed by atoms with van der Waals surface area (Å²) in [6.45, 7) is 0. The van der Waals surface area contributed by atoms with Gasteiger partial charge >= 0.3 is 0 Å². The molecule has 0 unspecified atom stereocenters. The molecule has 4 aromatic carbocycles. The summed E-state index contributed by atoms with van der Waals surface area (Å²) in [5.41, 5.74) is 5.18. The monoisotopic (exact) mass is 1590 g/mol. The molecule has 442 valence electrons. The Balaban J connectivity index is 0.947. The summed E-state index contributed by atoms with van der Waals surface area (Å²) in [5.74, 6) is 0. The van der Waals surface area contributed by atoms with Crippen LogP contribution in [0.5, 0.6) is 0 Å². The van der Waals surface area contributed by atoms with Crippen molar-refractivity contribution in [2.24, 2.45) is 0 Å². The highest BCUT2D eigenvalue weighted by atomic mass is 32.3. The molecule has 6 aliphatic rings. The Labute approximate surface area is 604 Å². The molecule has 0 saturated carbocycles. The van der Waals surface area contributed by atoms with Crippen molar-refractivity contribution in [3.05, 3.63) is 107 Å². The van der Waals surface area contributed by atoms with Crippen molar-refractivity contribution in [2.45, 2.75) is 19.6 Å². The molecule has 0 radical (unpaired) electrons. The third-order valence-corrected chi connectivity index (χ3v) is 47.1. The molecule has 0 saturated heterocycles. The molecule has 8 bridgehead atoms. The van der Waals surface area contributed by atoms with Gasteiger partial charge in [0.15, 0.2) is 22.6 Å². The highest BCUT2D eigenvalue weighted by molar-refractivity contribution is 8.47. The van der Waals surface area contributed by atoms with E-state index in [4.69, 9.17) is 29.9 Å². The fourth-order valence-electron chi connectivity index (χ4n) is 10.1. The van der Waals surface area contributed by atoms with Crippen molar-refractivity contribution < 1.29 is 0 Å². The lowest BCUT2D eigenvalue weighted by Crippen LogP contribution is -1.86. The molecule has 8 nitrogen and oxygen atoms in total. The zero-order chi connectivity index (χ0) is 59.4. The van der Waals surface area contributed by atoms with Gasteiger partial charge in [0.25, 0.3) is 0 Å². The van der Waals surface area contributed by atoms with Gasteiger partial charge in [0, 0.05) is 81.5 Å². The first kappa shape index (κ1) is 61.6. The van der Waals surface area contributed by atoms with Crippen molar-refractivity contribution in [3.63, 3.8) is 0 Å². The molecule has 32 heteroatoms. The van der Waals surface area contributed by atoms with Crippen LogP contribution in [-0.4, -0.2) is 89.9 Å². The lowest BCUT2D eigenvalue weighted by Gasteiger charge is -2.00. The molecular weight excluding hydrogens is 1550 g/mol. The first-order valence-electron chi connectivity index (χ1n) is 25.7. The highest BCUT2D eigenvalue weighted by Gasteiger charge is 2.32. The SMILES string of the molecule is CSC1=C(SC)SC(=C2Sc3cc4c5nc6nc(nc7[nH]c(nc8nc(nc([nH]5)c4cc3S2)c2cc3sc(=C4SC(SC)=C(SC)S4)sc3cc82)c2cc3c(cc72)SC(=C2SC(SC)=C(SC)S2)S3)c2cc3sc(=C4SC(SC)=C(SC)S4)sc3cc62)S1. The van der Waals surface area contributed by atoms with E-state index < -0.39 is 0 Å². The second-order valence-corrected chi connectivity index (χ2v) is 46.1. The van der Waals surface area contributed by atoms with Crippen molar-refractivity contribution >= 4 is 396 Å². The minimum absolute atomic E-state index is 0.603. The van der Waals surface area contributed by atoms with Gasteiger partial charge in [-0.15, -0.1) is 139 Å². The lowest BCUT2D eigenvalue weighted by molar-refractivity contribution is 1.28. The third-order valence-electron chi connectivity index (χ3n) is 14.0. The Morgan fingerprint density at radius 1 is 0.250 bits per heavy atom. The number of hydrogen-bond acceptors (Lipinski definition) is 30. The zero-order valence-corrected chi connectivity index (χ0v) is 65.7. The largest absolute Gasteiger partial charge is 0.324 e. The molecule has 11 aromatic rings. The Morgan fingerprint density at radius 2 is 0.466 bits per heavy atom. The van der Waals surface area contributed by atoms with Crippen LogP contribution < -0.4 is 7.69 Å². The number of H-pyrrole nitrogens is 2. The van der Waals surface area contributed by atoms with Crippen LogP contribution in [-0.2, 0) is 0 Å². The summed E-state index contributed by atoms with van der Waals surface area (Å²) in [7, 11) is 0. The summed E-state index contributed by atoms with van der Waals surface area (Å²) in [6, 6.07) is 18.5. The van der Waals surface area contributed by atoms with Gasteiger partial charge in [-0.3, -0.25) is 0 Å². The average molecular weight is 1590 g/mol. The van der Waals surface area contributed by atoms with Crippen LogP contribution in [0.3, 0.4) is 0 Å². The van der Waals surface area contributed by atoms with Crippen LogP contribution in [0.4, 0.5) is 0 Å². The van der Waals surface area contributed by atoms with Crippen molar-refractivity contribution in [1.82, 2.24) is 39.9 Å². The number of hydrogen-bond donors (Lipinski definition) is 2. The predicted molar refractivity (Wildman–Crippen MR) is 435 cm³/mol. The molecule has 7 aromatic heterocycles. The summed E-state index contributed by atoms with van der Waals surface area (Å²) < 4.78 is 26.3. The summed E-state index contributed by atoms with van der Waals surface area (Å²) in [6.07, 6.45) is 17.4. The molecule has 17 rings (SSSR count). The number of benzene rings is 4. The summed E-state index contributed by atoms with van der Waals surface area (Å²) in [5, 5.41) is 7.68. The number of aromatic amines is 2. The van der Waals surface area contributed by atoms with E-state index in [-0.39, 0.29) is 0 Å². The van der Waals surface area contributed by atoms with Gasteiger partial charge < -0.3 is 9.97 Å². The molecule has 6 aliphatic heterocycles. The van der Waals surface area contributed by atoms with E-state index in [1.54, 1.807) is 0 Å². The Morgan fingerprint density at radius 3 is 0.693 bits per heavy atom. The number of nitrogens with one attached hydrogen (secondary N) is 2. The average Bonchev–Trinajstić information content (AvgIpc) is 2.19. The van der Waals surface area contributed by atoms with Gasteiger partial charge in [-0.2, -0.15) is 0 Å². The van der Waals surface area contributed by atoms with Crippen LogP contribution >= 0.6 is 281 Å². The van der Waals surface area contributed by atoms with Gasteiger partial charge in [-0.05, 0) is 98.6 Å². The fourth-order valence-corrected chi connectivity index (χ4v) is 41.5. The molecule has 0 amide bonds. The Kier molecular flexibility index (Phi) is 17.6. The maximum Gasteiger partial charge on any atom is 0.164 e. The Hall–Kier alpha value is 0.0400. The van der Waals surface area contributed by atoms with E-state index in [2.05, 4.69) is 109 Å². The molecule has 2 N–H and O–H groups in total. The van der Waals surface area contributed by atoms with Gasteiger partial charge in [0.1, 0.15) is 30.3 Å². The first-order valence-corrected chi connectivity index (χ1v) is 48.6. The van der Waals surface area contributed by atoms with Crippen LogP contribution in [0.2, 0.25) is 0 Å². The van der Waals surface area contributed by atoms with E-state index in [0.717, 1.165) is 43.1 Å².